The van der Waals surface area contributed by atoms with Gasteiger partial charge in [-0.1, -0.05) is 17.2 Å². The highest BCUT2D eigenvalue weighted by molar-refractivity contribution is 7.83. The molecule has 0 heterocycles. The van der Waals surface area contributed by atoms with Crippen molar-refractivity contribution in [1.29, 1.82) is 0 Å². The molecular weight excluding hydrogens is 164 g/mol. The van der Waals surface area contributed by atoms with Crippen LogP contribution < -0.4 is 0 Å². The molecule has 0 radical (unpaired) electrons. The second-order valence-electron chi connectivity index (χ2n) is 2.84. The maximum absolute atomic E-state index is 4.03. The van der Waals surface area contributed by atoms with Crippen LogP contribution in [0.15, 0.2) is 35.8 Å². The topological polar surface area (TPSA) is 0 Å². The van der Waals surface area contributed by atoms with Gasteiger partial charge in [0.05, 0.1) is 0 Å². The fourth-order valence-corrected chi connectivity index (χ4v) is 0.604. The molecule has 12 heavy (non-hydrogen) atoms. The summed E-state index contributed by atoms with van der Waals surface area (Å²) in [6.45, 7) is 13.2. The average molecular weight is 184 g/mol. The van der Waals surface area contributed by atoms with Gasteiger partial charge in [-0.2, -0.15) is 12.6 Å². The molecule has 0 N–H and O–H groups in total. The third-order valence-electron chi connectivity index (χ3n) is 1.17. The molecule has 0 aliphatic carbocycles. The minimum atomic E-state index is 1.09. The van der Waals surface area contributed by atoms with Crippen molar-refractivity contribution >= 4 is 12.6 Å². The van der Waals surface area contributed by atoms with E-state index < -0.39 is 0 Å². The Morgan fingerprint density at radius 3 is 2.00 bits per heavy atom. The van der Waals surface area contributed by atoms with Crippen LogP contribution in [0, 0.1) is 0 Å². The van der Waals surface area contributed by atoms with Gasteiger partial charge in [0.1, 0.15) is 0 Å². The van der Waals surface area contributed by atoms with Gasteiger partial charge in [-0.3, -0.25) is 0 Å². The summed E-state index contributed by atoms with van der Waals surface area (Å²) in [6.07, 6.45) is 3.93. The molecule has 0 aromatic heterocycles. The highest BCUT2D eigenvalue weighted by Gasteiger charge is 1.87. The summed E-state index contributed by atoms with van der Waals surface area (Å²) in [4.78, 5) is 0. The van der Waals surface area contributed by atoms with Crippen LogP contribution in [0.3, 0.4) is 0 Å². The summed E-state index contributed by atoms with van der Waals surface area (Å²) < 4.78 is 0. The maximum Gasteiger partial charge on any atom is -0.0278 e. The lowest BCUT2D eigenvalue weighted by molar-refractivity contribution is 0.931. The molecule has 0 atom stereocenters. The third kappa shape index (κ3) is 16.3. The summed E-state index contributed by atoms with van der Waals surface area (Å²) in [5.41, 5.74) is 2.56. The number of allylic oxidation sites excluding steroid dienone is 3. The molecule has 0 saturated heterocycles. The van der Waals surface area contributed by atoms with E-state index in [0.29, 0.717) is 0 Å². The maximum atomic E-state index is 4.03. The van der Waals surface area contributed by atoms with Crippen LogP contribution >= 0.6 is 12.6 Å². The van der Waals surface area contributed by atoms with Crippen LogP contribution in [0.5, 0.6) is 0 Å². The van der Waals surface area contributed by atoms with Crippen LogP contribution in [-0.2, 0) is 0 Å². The van der Waals surface area contributed by atoms with Crippen molar-refractivity contribution in [3.8, 4) is 0 Å². The lowest BCUT2D eigenvalue weighted by Crippen LogP contribution is -1.76. The Bertz CT molecular complexity index is 154. The van der Waals surface area contributed by atoms with Gasteiger partial charge in [-0.15, -0.1) is 13.2 Å². The number of thiol groups is 1. The van der Waals surface area contributed by atoms with Crippen molar-refractivity contribution in [2.24, 2.45) is 0 Å². The van der Waals surface area contributed by atoms with Crippen molar-refractivity contribution < 1.29 is 0 Å². The monoisotopic (exact) mass is 184 g/mol. The normalized spacial score (nSPS) is 9.83. The average Bonchev–Trinajstić information content (AvgIpc) is 2.01. The van der Waals surface area contributed by atoms with E-state index in [1.165, 1.54) is 11.1 Å². The second kappa shape index (κ2) is 10.6. The number of hydrogen-bond donors (Lipinski definition) is 1. The Morgan fingerprint density at radius 1 is 1.33 bits per heavy atom. The van der Waals surface area contributed by atoms with E-state index in [4.69, 9.17) is 0 Å². The summed E-state index contributed by atoms with van der Waals surface area (Å²) in [6, 6.07) is 0. The van der Waals surface area contributed by atoms with Gasteiger partial charge in [-0.05, 0) is 39.0 Å². The third-order valence-corrected chi connectivity index (χ3v) is 1.61. The zero-order chi connectivity index (χ0) is 9.98. The van der Waals surface area contributed by atoms with Crippen molar-refractivity contribution in [2.75, 3.05) is 0 Å². The molecule has 0 bridgehead atoms. The van der Waals surface area contributed by atoms with Crippen molar-refractivity contribution in [2.45, 2.75) is 33.6 Å². The van der Waals surface area contributed by atoms with E-state index >= 15 is 0 Å². The largest absolute Gasteiger partial charge is 0.151 e. The first-order valence-corrected chi connectivity index (χ1v) is 4.61. The highest BCUT2D eigenvalue weighted by Crippen LogP contribution is 2.09. The molecule has 0 aliphatic heterocycles. The zero-order valence-corrected chi connectivity index (χ0v) is 9.32. The summed E-state index contributed by atoms with van der Waals surface area (Å²) in [5, 5.41) is 1.85. The van der Waals surface area contributed by atoms with Crippen LogP contribution in [0.1, 0.15) is 33.6 Å². The molecule has 1 heteroatoms. The Hall–Kier alpha value is -0.430. The zero-order valence-electron chi connectivity index (χ0n) is 8.43. The van der Waals surface area contributed by atoms with Gasteiger partial charge in [-0.25, -0.2) is 0 Å². The SMILES string of the molecule is C=C(C)CC/C(C)=C\S.C=CC. The molecule has 0 aromatic carbocycles. The van der Waals surface area contributed by atoms with Crippen molar-refractivity contribution in [3.05, 3.63) is 35.8 Å². The van der Waals surface area contributed by atoms with Crippen molar-refractivity contribution in [3.63, 3.8) is 0 Å². The molecule has 0 fully saturated rings. The molecule has 0 rings (SSSR count). The van der Waals surface area contributed by atoms with Gasteiger partial charge < -0.3 is 0 Å². The first-order chi connectivity index (χ1) is 5.58. The predicted octanol–water partition coefficient (Wildman–Crippen LogP) is 4.37. The van der Waals surface area contributed by atoms with Gasteiger partial charge in [0.15, 0.2) is 0 Å². The first-order valence-electron chi connectivity index (χ1n) is 4.09. The van der Waals surface area contributed by atoms with Crippen LogP contribution in [0.2, 0.25) is 0 Å². The fourth-order valence-electron chi connectivity index (χ4n) is 0.475. The van der Waals surface area contributed by atoms with Gasteiger partial charge in [0, 0.05) is 0 Å². The molecule has 0 aromatic rings. The lowest BCUT2D eigenvalue weighted by atomic mass is 10.1. The number of hydrogen-bond acceptors (Lipinski definition) is 1. The second-order valence-corrected chi connectivity index (χ2v) is 3.10. The van der Waals surface area contributed by atoms with Crippen LogP contribution in [-0.4, -0.2) is 0 Å². The quantitative estimate of drug-likeness (QED) is 0.489. The van der Waals surface area contributed by atoms with Crippen LogP contribution in [0.25, 0.3) is 0 Å². The number of rotatable bonds is 3. The Kier molecular flexibility index (Phi) is 12.4. The standard InChI is InChI=1S/C8H14S.C3H6/c1-7(2)4-5-8(3)6-9;1-3-2/h6,9H,1,4-5H2,2-3H3;3H,1H2,2H3/b8-6-;. The van der Waals surface area contributed by atoms with E-state index in [1.54, 1.807) is 6.08 Å². The molecule has 0 unspecified atom stereocenters. The van der Waals surface area contributed by atoms with Crippen LogP contribution in [0.4, 0.5) is 0 Å². The fraction of sp³-hybridized carbons (Fsp3) is 0.455. The van der Waals surface area contributed by atoms with E-state index in [1.807, 2.05) is 19.3 Å². The minimum Gasteiger partial charge on any atom is -0.151 e. The molecule has 0 aliphatic rings. The van der Waals surface area contributed by atoms with E-state index in [-0.39, 0.29) is 0 Å². The molecule has 0 spiro atoms. The van der Waals surface area contributed by atoms with Gasteiger partial charge in [0.2, 0.25) is 0 Å². The molecule has 0 amide bonds. The van der Waals surface area contributed by atoms with Gasteiger partial charge in [0.25, 0.3) is 0 Å². The summed E-state index contributed by atoms with van der Waals surface area (Å²) >= 11 is 4.03. The minimum absolute atomic E-state index is 1.09. The Balaban J connectivity index is 0. The van der Waals surface area contributed by atoms with Gasteiger partial charge >= 0.3 is 0 Å². The Labute approximate surface area is 82.5 Å². The first kappa shape index (κ1) is 14.1. The smallest absolute Gasteiger partial charge is 0.0278 e. The van der Waals surface area contributed by atoms with Crippen molar-refractivity contribution in [1.82, 2.24) is 0 Å². The molecule has 0 saturated carbocycles. The highest BCUT2D eigenvalue weighted by atomic mass is 32.1. The lowest BCUT2D eigenvalue weighted by Gasteiger charge is -1.97. The molecule has 0 nitrogen and oxygen atoms in total. The van der Waals surface area contributed by atoms with E-state index in [9.17, 15) is 0 Å². The summed E-state index contributed by atoms with van der Waals surface area (Å²) in [5.74, 6) is 0. The molecule has 70 valence electrons. The predicted molar refractivity (Wildman–Crippen MR) is 62.7 cm³/mol. The molecular formula is C11H20S. The Morgan fingerprint density at radius 2 is 1.75 bits per heavy atom. The van der Waals surface area contributed by atoms with E-state index in [0.717, 1.165) is 12.8 Å². The van der Waals surface area contributed by atoms with E-state index in [2.05, 4.69) is 32.7 Å². The summed E-state index contributed by atoms with van der Waals surface area (Å²) in [7, 11) is 0.